The summed E-state index contributed by atoms with van der Waals surface area (Å²) in [5.74, 6) is 0.729. The number of rotatable bonds is 9. The Morgan fingerprint density at radius 3 is 2.76 bits per heavy atom. The summed E-state index contributed by atoms with van der Waals surface area (Å²) in [6, 6.07) is 4.53. The molecule has 2 heterocycles. The molecule has 0 unspecified atom stereocenters. The second-order valence-corrected chi connectivity index (χ2v) is 7.74. The summed E-state index contributed by atoms with van der Waals surface area (Å²) < 4.78 is 10.7. The molecule has 1 aromatic carbocycles. The highest BCUT2D eigenvalue weighted by molar-refractivity contribution is 6.09. The maximum atomic E-state index is 13.0. The highest BCUT2D eigenvalue weighted by Gasteiger charge is 2.49. The number of fused-ring (bicyclic) bond motifs is 1. The minimum absolute atomic E-state index is 0.124. The van der Waals surface area contributed by atoms with Crippen molar-refractivity contribution in [1.29, 1.82) is 0 Å². The van der Waals surface area contributed by atoms with E-state index in [1.165, 1.54) is 0 Å². The molecule has 0 saturated carbocycles. The fourth-order valence-corrected chi connectivity index (χ4v) is 3.64. The van der Waals surface area contributed by atoms with Gasteiger partial charge in [-0.05, 0) is 37.0 Å². The number of hydrogen-bond donors (Lipinski definition) is 2. The second kappa shape index (κ2) is 8.71. The number of hydrogen-bond acceptors (Lipinski definition) is 5. The average Bonchev–Trinajstić information content (AvgIpc) is 3.26. The number of nitrogens with one attached hydrogen (secondary N) is 2. The summed E-state index contributed by atoms with van der Waals surface area (Å²) >= 11 is 0. The summed E-state index contributed by atoms with van der Waals surface area (Å²) in [6.07, 6.45) is 4.27. The average molecular weight is 403 g/mol. The highest BCUT2D eigenvalue weighted by atomic mass is 16.7. The Balaban J connectivity index is 1.63. The van der Waals surface area contributed by atoms with Gasteiger partial charge >= 0.3 is 6.03 Å². The number of imide groups is 1. The highest BCUT2D eigenvalue weighted by Crippen LogP contribution is 2.37. The van der Waals surface area contributed by atoms with Gasteiger partial charge in [0.15, 0.2) is 11.5 Å². The van der Waals surface area contributed by atoms with E-state index in [-0.39, 0.29) is 19.2 Å². The van der Waals surface area contributed by atoms with Gasteiger partial charge in [0, 0.05) is 6.54 Å². The minimum atomic E-state index is -1.26. The van der Waals surface area contributed by atoms with Crippen LogP contribution in [0.3, 0.4) is 0 Å². The molecule has 2 aliphatic heterocycles. The van der Waals surface area contributed by atoms with Crippen molar-refractivity contribution < 1.29 is 23.9 Å². The van der Waals surface area contributed by atoms with Gasteiger partial charge in [-0.15, -0.1) is 0 Å². The number of carbonyl (C=O) groups excluding carboxylic acids is 3. The summed E-state index contributed by atoms with van der Waals surface area (Å²) in [4.78, 5) is 38.8. The van der Waals surface area contributed by atoms with E-state index in [4.69, 9.17) is 9.47 Å². The van der Waals surface area contributed by atoms with Crippen LogP contribution in [0.1, 0.15) is 52.0 Å². The molecule has 0 bridgehead atoms. The predicted molar refractivity (Wildman–Crippen MR) is 106 cm³/mol. The van der Waals surface area contributed by atoms with E-state index in [2.05, 4.69) is 24.5 Å². The summed E-state index contributed by atoms with van der Waals surface area (Å²) in [7, 11) is 0. The molecule has 8 heteroatoms. The molecule has 0 aliphatic carbocycles. The Morgan fingerprint density at radius 1 is 1.28 bits per heavy atom. The Morgan fingerprint density at radius 2 is 2.03 bits per heavy atom. The Bertz CT molecular complexity index is 797. The predicted octanol–water partition coefficient (Wildman–Crippen LogP) is 2.51. The van der Waals surface area contributed by atoms with Crippen LogP contribution >= 0.6 is 0 Å². The van der Waals surface area contributed by atoms with E-state index in [0.717, 1.165) is 30.6 Å². The van der Waals surface area contributed by atoms with Crippen LogP contribution in [0.2, 0.25) is 0 Å². The van der Waals surface area contributed by atoms with Gasteiger partial charge in [-0.25, -0.2) is 4.79 Å². The molecule has 1 aromatic rings. The van der Waals surface area contributed by atoms with Crippen molar-refractivity contribution >= 4 is 17.8 Å². The van der Waals surface area contributed by atoms with Gasteiger partial charge in [-0.1, -0.05) is 39.2 Å². The molecular weight excluding hydrogens is 374 g/mol. The lowest BCUT2D eigenvalue weighted by molar-refractivity contribution is -0.134. The van der Waals surface area contributed by atoms with E-state index in [9.17, 15) is 14.4 Å². The molecule has 4 amide bonds. The second-order valence-electron chi connectivity index (χ2n) is 7.74. The lowest BCUT2D eigenvalue weighted by atomic mass is 9.91. The summed E-state index contributed by atoms with van der Waals surface area (Å²) in [6.45, 7) is 6.24. The number of carbonyl (C=O) groups is 3. The van der Waals surface area contributed by atoms with Crippen molar-refractivity contribution in [2.45, 2.75) is 52.0 Å². The SMILES string of the molecule is CCCC[C@H](CC)CNC(=O)CN1C(=O)N[C@@](C)(c2ccc3c(c2)OCO3)C1=O. The largest absolute Gasteiger partial charge is 0.454 e. The molecule has 29 heavy (non-hydrogen) atoms. The molecule has 2 N–H and O–H groups in total. The van der Waals surface area contributed by atoms with Crippen molar-refractivity contribution in [3.05, 3.63) is 23.8 Å². The number of nitrogens with zero attached hydrogens (tertiary/aromatic N) is 1. The number of benzene rings is 1. The van der Waals surface area contributed by atoms with Gasteiger partial charge in [0.2, 0.25) is 12.7 Å². The summed E-state index contributed by atoms with van der Waals surface area (Å²) in [5.41, 5.74) is -0.681. The molecule has 158 valence electrons. The third-order valence-corrected chi connectivity index (χ3v) is 5.66. The van der Waals surface area contributed by atoms with Gasteiger partial charge in [-0.3, -0.25) is 14.5 Å². The molecule has 1 saturated heterocycles. The van der Waals surface area contributed by atoms with Crippen LogP contribution in [0, 0.1) is 5.92 Å². The zero-order chi connectivity index (χ0) is 21.0. The van der Waals surface area contributed by atoms with Crippen LogP contribution in [0.5, 0.6) is 11.5 Å². The number of ether oxygens (including phenoxy) is 2. The molecule has 0 spiro atoms. The van der Waals surface area contributed by atoms with E-state index < -0.39 is 17.5 Å². The lowest BCUT2D eigenvalue weighted by Crippen LogP contribution is -2.44. The van der Waals surface area contributed by atoms with E-state index in [1.807, 2.05) is 0 Å². The normalized spacial score (nSPS) is 21.3. The quantitative estimate of drug-likeness (QED) is 0.618. The molecule has 8 nitrogen and oxygen atoms in total. The first-order chi connectivity index (χ1) is 13.9. The smallest absolute Gasteiger partial charge is 0.325 e. The first-order valence-corrected chi connectivity index (χ1v) is 10.2. The Labute approximate surface area is 170 Å². The first kappa shape index (κ1) is 21.0. The first-order valence-electron chi connectivity index (χ1n) is 10.2. The fourth-order valence-electron chi connectivity index (χ4n) is 3.64. The van der Waals surface area contributed by atoms with Gasteiger partial charge in [0.25, 0.3) is 5.91 Å². The van der Waals surface area contributed by atoms with E-state index in [0.29, 0.717) is 29.5 Å². The van der Waals surface area contributed by atoms with E-state index in [1.54, 1.807) is 25.1 Å². The van der Waals surface area contributed by atoms with Crippen LogP contribution in [-0.4, -0.2) is 42.6 Å². The topological polar surface area (TPSA) is 97.0 Å². The number of urea groups is 1. The Kier molecular flexibility index (Phi) is 6.30. The van der Waals surface area contributed by atoms with E-state index >= 15 is 0 Å². The minimum Gasteiger partial charge on any atom is -0.454 e. The standard InChI is InChI=1S/C21H29N3O5/c1-4-6-7-14(5-2)11-22-18(25)12-24-19(26)21(3,23-20(24)27)15-8-9-16-17(10-15)29-13-28-16/h8-10,14H,4-7,11-13H2,1-3H3,(H,22,25)(H,23,27)/t14-,21-/m0/s1. The van der Waals surface area contributed by atoms with Gasteiger partial charge in [0.1, 0.15) is 12.1 Å². The van der Waals surface area contributed by atoms with Gasteiger partial charge in [-0.2, -0.15) is 0 Å². The molecule has 3 rings (SSSR count). The Hall–Kier alpha value is -2.77. The van der Waals surface area contributed by atoms with Crippen molar-refractivity contribution in [2.24, 2.45) is 5.92 Å². The fraction of sp³-hybridized carbons (Fsp3) is 0.571. The number of unbranched alkanes of at least 4 members (excludes halogenated alkanes) is 1. The third kappa shape index (κ3) is 4.31. The zero-order valence-corrected chi connectivity index (χ0v) is 17.2. The molecule has 0 aromatic heterocycles. The maximum Gasteiger partial charge on any atom is 0.325 e. The van der Waals surface area contributed by atoms with Gasteiger partial charge in [0.05, 0.1) is 0 Å². The van der Waals surface area contributed by atoms with Gasteiger partial charge < -0.3 is 20.1 Å². The third-order valence-electron chi connectivity index (χ3n) is 5.66. The van der Waals surface area contributed by atoms with Crippen molar-refractivity contribution in [2.75, 3.05) is 19.9 Å². The van der Waals surface area contributed by atoms with Crippen molar-refractivity contribution in [3.63, 3.8) is 0 Å². The summed E-state index contributed by atoms with van der Waals surface area (Å²) in [5, 5.41) is 5.57. The van der Waals surface area contributed by atoms with Crippen molar-refractivity contribution in [1.82, 2.24) is 15.5 Å². The maximum absolute atomic E-state index is 13.0. The van der Waals surface area contributed by atoms with Crippen LogP contribution < -0.4 is 20.1 Å². The monoisotopic (exact) mass is 403 g/mol. The lowest BCUT2D eigenvalue weighted by Gasteiger charge is -2.22. The van der Waals surface area contributed by atoms with Crippen LogP contribution in [0.25, 0.3) is 0 Å². The van der Waals surface area contributed by atoms with Crippen LogP contribution in [0.15, 0.2) is 18.2 Å². The molecule has 2 atom stereocenters. The number of amides is 4. The molecular formula is C21H29N3O5. The zero-order valence-electron chi connectivity index (χ0n) is 17.2. The van der Waals surface area contributed by atoms with Crippen LogP contribution in [-0.2, 0) is 15.1 Å². The molecule has 2 aliphatic rings. The molecule has 1 fully saturated rings. The van der Waals surface area contributed by atoms with Crippen LogP contribution in [0.4, 0.5) is 4.79 Å². The molecule has 0 radical (unpaired) electrons. The van der Waals surface area contributed by atoms with Crippen molar-refractivity contribution in [3.8, 4) is 11.5 Å².